The largest absolute Gasteiger partial charge is 0.334 e. The van der Waals surface area contributed by atoms with Gasteiger partial charge in [0, 0.05) is 18.8 Å². The number of carbonyl (C=O) groups excluding carboxylic acids is 1. The average molecular weight is 410 g/mol. The molecule has 29 heavy (non-hydrogen) atoms. The van der Waals surface area contributed by atoms with Crippen LogP contribution >= 0.6 is 0 Å². The number of rotatable bonds is 4. The van der Waals surface area contributed by atoms with Crippen molar-refractivity contribution in [1.82, 2.24) is 5.32 Å². The SMILES string of the molecule is CS(=O)(=O)N1CCCc2ccc(NC(=O)NCc3cccc4ccccc34)cc21. The molecular formula is C22H23N3O3S. The van der Waals surface area contributed by atoms with Crippen molar-refractivity contribution in [3.63, 3.8) is 0 Å². The first kappa shape index (κ1) is 19.3. The zero-order valence-electron chi connectivity index (χ0n) is 16.2. The van der Waals surface area contributed by atoms with Crippen LogP contribution < -0.4 is 14.9 Å². The number of aryl methyl sites for hydroxylation is 1. The van der Waals surface area contributed by atoms with Crippen LogP contribution in [0.2, 0.25) is 0 Å². The summed E-state index contributed by atoms with van der Waals surface area (Å²) in [6.07, 6.45) is 2.83. The number of benzene rings is 3. The second kappa shape index (κ2) is 7.75. The van der Waals surface area contributed by atoms with Crippen molar-refractivity contribution in [2.45, 2.75) is 19.4 Å². The molecule has 2 N–H and O–H groups in total. The molecule has 3 aromatic carbocycles. The molecule has 0 aliphatic carbocycles. The van der Waals surface area contributed by atoms with E-state index in [1.807, 2.05) is 54.6 Å². The summed E-state index contributed by atoms with van der Waals surface area (Å²) < 4.78 is 25.6. The summed E-state index contributed by atoms with van der Waals surface area (Å²) in [5.74, 6) is 0. The van der Waals surface area contributed by atoms with Crippen LogP contribution in [-0.4, -0.2) is 27.2 Å². The Kier molecular flexibility index (Phi) is 5.15. The van der Waals surface area contributed by atoms with Crippen molar-refractivity contribution < 1.29 is 13.2 Å². The van der Waals surface area contributed by atoms with E-state index < -0.39 is 10.0 Å². The summed E-state index contributed by atoms with van der Waals surface area (Å²) in [7, 11) is -3.35. The van der Waals surface area contributed by atoms with Crippen LogP contribution in [0, 0.1) is 0 Å². The van der Waals surface area contributed by atoms with Crippen molar-refractivity contribution in [2.24, 2.45) is 0 Å². The first-order valence-electron chi connectivity index (χ1n) is 9.54. The minimum absolute atomic E-state index is 0.334. The van der Waals surface area contributed by atoms with Crippen molar-refractivity contribution in [3.8, 4) is 0 Å². The molecule has 1 heterocycles. The van der Waals surface area contributed by atoms with Gasteiger partial charge in [-0.3, -0.25) is 4.31 Å². The zero-order chi connectivity index (χ0) is 20.4. The van der Waals surface area contributed by atoms with Gasteiger partial charge in [0.05, 0.1) is 11.9 Å². The fourth-order valence-electron chi connectivity index (χ4n) is 3.76. The number of hydrogen-bond acceptors (Lipinski definition) is 3. The molecule has 0 radical (unpaired) electrons. The molecule has 0 bridgehead atoms. The number of anilines is 2. The molecule has 150 valence electrons. The predicted molar refractivity (Wildman–Crippen MR) is 117 cm³/mol. The molecule has 0 saturated heterocycles. The van der Waals surface area contributed by atoms with Crippen molar-refractivity contribution in [1.29, 1.82) is 0 Å². The Morgan fingerprint density at radius 2 is 1.86 bits per heavy atom. The second-order valence-electron chi connectivity index (χ2n) is 7.23. The number of urea groups is 1. The second-order valence-corrected chi connectivity index (χ2v) is 9.13. The lowest BCUT2D eigenvalue weighted by molar-refractivity contribution is 0.252. The van der Waals surface area contributed by atoms with E-state index in [1.165, 1.54) is 10.6 Å². The molecular weight excluding hydrogens is 386 g/mol. The van der Waals surface area contributed by atoms with Crippen LogP contribution in [-0.2, 0) is 23.0 Å². The maximum absolute atomic E-state index is 12.4. The van der Waals surface area contributed by atoms with Gasteiger partial charge >= 0.3 is 6.03 Å². The highest BCUT2D eigenvalue weighted by atomic mass is 32.2. The van der Waals surface area contributed by atoms with Gasteiger partial charge in [0.25, 0.3) is 0 Å². The Bertz CT molecular complexity index is 1170. The summed E-state index contributed by atoms with van der Waals surface area (Å²) >= 11 is 0. The normalized spacial score (nSPS) is 13.8. The summed E-state index contributed by atoms with van der Waals surface area (Å²) in [6.45, 7) is 0.857. The topological polar surface area (TPSA) is 78.5 Å². The minimum atomic E-state index is -3.35. The van der Waals surface area contributed by atoms with Crippen LogP contribution in [0.25, 0.3) is 10.8 Å². The fraction of sp³-hybridized carbons (Fsp3) is 0.227. The van der Waals surface area contributed by atoms with E-state index in [0.717, 1.165) is 34.7 Å². The summed E-state index contributed by atoms with van der Waals surface area (Å²) in [6, 6.07) is 19.1. The predicted octanol–water partition coefficient (Wildman–Crippen LogP) is 3.87. The molecule has 0 fully saturated rings. The van der Waals surface area contributed by atoms with Crippen LogP contribution in [0.4, 0.5) is 16.2 Å². The molecule has 7 heteroatoms. The van der Waals surface area contributed by atoms with Gasteiger partial charge in [-0.2, -0.15) is 0 Å². The lowest BCUT2D eigenvalue weighted by Crippen LogP contribution is -2.34. The van der Waals surface area contributed by atoms with Gasteiger partial charge in [0.15, 0.2) is 0 Å². The number of sulfonamides is 1. The number of nitrogens with one attached hydrogen (secondary N) is 2. The number of nitrogens with zero attached hydrogens (tertiary/aromatic N) is 1. The van der Waals surface area contributed by atoms with Gasteiger partial charge in [0.2, 0.25) is 10.0 Å². The maximum atomic E-state index is 12.4. The van der Waals surface area contributed by atoms with Crippen LogP contribution in [0.3, 0.4) is 0 Å². The lowest BCUT2D eigenvalue weighted by Gasteiger charge is -2.29. The first-order valence-corrected chi connectivity index (χ1v) is 11.4. The van der Waals surface area contributed by atoms with Crippen LogP contribution in [0.15, 0.2) is 60.7 Å². The summed E-state index contributed by atoms with van der Waals surface area (Å²) in [4.78, 5) is 12.4. The molecule has 0 spiro atoms. The maximum Gasteiger partial charge on any atom is 0.319 e. The van der Waals surface area contributed by atoms with Gasteiger partial charge in [-0.25, -0.2) is 13.2 Å². The van der Waals surface area contributed by atoms with Gasteiger partial charge in [-0.15, -0.1) is 0 Å². The van der Waals surface area contributed by atoms with E-state index in [1.54, 1.807) is 6.07 Å². The van der Waals surface area contributed by atoms with E-state index in [9.17, 15) is 13.2 Å². The molecule has 0 unspecified atom stereocenters. The molecule has 0 atom stereocenters. The smallest absolute Gasteiger partial charge is 0.319 e. The van der Waals surface area contributed by atoms with Gasteiger partial charge < -0.3 is 10.6 Å². The fourth-order valence-corrected chi connectivity index (χ4v) is 4.75. The minimum Gasteiger partial charge on any atom is -0.334 e. The van der Waals surface area contributed by atoms with E-state index in [-0.39, 0.29) is 6.03 Å². The third-order valence-corrected chi connectivity index (χ3v) is 6.32. The van der Waals surface area contributed by atoms with E-state index in [0.29, 0.717) is 24.5 Å². The third-order valence-electron chi connectivity index (χ3n) is 5.14. The van der Waals surface area contributed by atoms with Crippen LogP contribution in [0.5, 0.6) is 0 Å². The average Bonchev–Trinajstić information content (AvgIpc) is 2.71. The third kappa shape index (κ3) is 4.19. The van der Waals surface area contributed by atoms with E-state index in [4.69, 9.17) is 0 Å². The Morgan fingerprint density at radius 3 is 2.69 bits per heavy atom. The van der Waals surface area contributed by atoms with Crippen molar-refractivity contribution in [3.05, 3.63) is 71.8 Å². The number of fused-ring (bicyclic) bond motifs is 2. The summed E-state index contributed by atoms with van der Waals surface area (Å²) in [5.41, 5.74) is 3.22. The molecule has 1 aliphatic rings. The highest BCUT2D eigenvalue weighted by Gasteiger charge is 2.24. The van der Waals surface area contributed by atoms with Crippen LogP contribution in [0.1, 0.15) is 17.5 Å². The molecule has 4 rings (SSSR count). The van der Waals surface area contributed by atoms with Crippen molar-refractivity contribution >= 4 is 38.2 Å². The molecule has 0 saturated carbocycles. The van der Waals surface area contributed by atoms with E-state index in [2.05, 4.69) is 10.6 Å². The van der Waals surface area contributed by atoms with Crippen molar-refractivity contribution in [2.75, 3.05) is 22.4 Å². The summed E-state index contributed by atoms with van der Waals surface area (Å²) in [5, 5.41) is 7.92. The Hall–Kier alpha value is -3.06. The molecule has 3 aromatic rings. The number of amides is 2. The highest BCUT2D eigenvalue weighted by molar-refractivity contribution is 7.92. The quantitative estimate of drug-likeness (QED) is 0.687. The highest BCUT2D eigenvalue weighted by Crippen LogP contribution is 2.31. The molecule has 2 amide bonds. The number of carbonyl (C=O) groups is 1. The van der Waals surface area contributed by atoms with E-state index >= 15 is 0 Å². The van der Waals surface area contributed by atoms with Gasteiger partial charge in [-0.05, 0) is 46.9 Å². The Morgan fingerprint density at radius 1 is 1.07 bits per heavy atom. The first-order chi connectivity index (χ1) is 13.9. The standard InChI is InChI=1S/C22H23N3O3S/c1-29(27,28)25-13-5-9-17-11-12-19(14-21(17)25)24-22(26)23-15-18-8-4-7-16-6-2-3-10-20(16)18/h2-4,6-8,10-12,14H,5,9,13,15H2,1H3,(H2,23,24,26). The Labute approximate surface area is 170 Å². The molecule has 6 nitrogen and oxygen atoms in total. The van der Waals surface area contributed by atoms with Gasteiger partial charge in [0.1, 0.15) is 0 Å². The lowest BCUT2D eigenvalue weighted by atomic mass is 10.0. The van der Waals surface area contributed by atoms with Gasteiger partial charge in [-0.1, -0.05) is 48.5 Å². The monoisotopic (exact) mass is 409 g/mol. The molecule has 1 aliphatic heterocycles. The number of hydrogen-bond donors (Lipinski definition) is 2. The zero-order valence-corrected chi connectivity index (χ0v) is 17.0. The molecule has 0 aromatic heterocycles. The Balaban J connectivity index is 1.48.